The van der Waals surface area contributed by atoms with Crippen molar-refractivity contribution in [3.8, 4) is 0 Å². The summed E-state index contributed by atoms with van der Waals surface area (Å²) in [6.07, 6.45) is 3.60. The van der Waals surface area contributed by atoms with Crippen LogP contribution in [0.1, 0.15) is 53.9 Å². The summed E-state index contributed by atoms with van der Waals surface area (Å²) in [6.45, 7) is 11.2. The lowest BCUT2D eigenvalue weighted by Crippen LogP contribution is -2.34. The van der Waals surface area contributed by atoms with Gasteiger partial charge in [0.15, 0.2) is 9.84 Å². The molecule has 0 radical (unpaired) electrons. The van der Waals surface area contributed by atoms with E-state index in [4.69, 9.17) is 0 Å². The van der Waals surface area contributed by atoms with Gasteiger partial charge < -0.3 is 5.32 Å². The van der Waals surface area contributed by atoms with Crippen molar-refractivity contribution in [2.75, 3.05) is 18.8 Å². The molecule has 0 heterocycles. The van der Waals surface area contributed by atoms with E-state index in [-0.39, 0.29) is 5.75 Å². The molecule has 17 heavy (non-hydrogen) atoms. The van der Waals surface area contributed by atoms with Crippen LogP contribution in [-0.4, -0.2) is 32.0 Å². The first kappa shape index (κ1) is 16.9. The minimum absolute atomic E-state index is 0.237. The van der Waals surface area contributed by atoms with Crippen molar-refractivity contribution < 1.29 is 8.42 Å². The molecule has 0 amide bonds. The highest BCUT2D eigenvalue weighted by Gasteiger charge is 2.27. The second kappa shape index (κ2) is 7.37. The molecular weight excluding hydrogens is 234 g/mol. The molecule has 0 aliphatic carbocycles. The van der Waals surface area contributed by atoms with Gasteiger partial charge in [0.1, 0.15) is 0 Å². The van der Waals surface area contributed by atoms with Gasteiger partial charge in [0.2, 0.25) is 0 Å². The Morgan fingerprint density at radius 2 is 1.65 bits per heavy atom. The van der Waals surface area contributed by atoms with Gasteiger partial charge in [-0.15, -0.1) is 0 Å². The van der Waals surface area contributed by atoms with Gasteiger partial charge >= 0.3 is 0 Å². The van der Waals surface area contributed by atoms with E-state index in [2.05, 4.69) is 19.2 Å². The number of sulfone groups is 1. The second-order valence-corrected chi connectivity index (χ2v) is 8.93. The molecule has 1 N–H and O–H groups in total. The molecule has 0 saturated carbocycles. The van der Waals surface area contributed by atoms with Crippen LogP contribution in [0.2, 0.25) is 0 Å². The molecule has 0 aromatic heterocycles. The summed E-state index contributed by atoms with van der Waals surface area (Å²) >= 11 is 0. The molecule has 0 rings (SSSR count). The summed E-state index contributed by atoms with van der Waals surface area (Å²) in [6, 6.07) is 0. The monoisotopic (exact) mass is 263 g/mol. The Hall–Kier alpha value is -0.0900. The molecule has 0 bridgehead atoms. The average molecular weight is 263 g/mol. The maximum Gasteiger partial charge on any atom is 0.156 e. The molecule has 0 aliphatic rings. The fraction of sp³-hybridized carbons (Fsp3) is 1.00. The summed E-state index contributed by atoms with van der Waals surface area (Å²) < 4.78 is 22.9. The SMILES string of the molecule is CC(C)CCCCNCCS(=O)(=O)C(C)(C)C. The summed E-state index contributed by atoms with van der Waals surface area (Å²) in [5, 5.41) is 3.21. The Kier molecular flexibility index (Phi) is 7.33. The van der Waals surface area contributed by atoms with Crippen LogP contribution in [0.25, 0.3) is 0 Å². The molecule has 0 fully saturated rings. The Balaban J connectivity index is 3.60. The second-order valence-electron chi connectivity index (χ2n) is 6.07. The zero-order chi connectivity index (χ0) is 13.5. The zero-order valence-electron chi connectivity index (χ0n) is 12.0. The van der Waals surface area contributed by atoms with Crippen LogP contribution < -0.4 is 5.32 Å². The van der Waals surface area contributed by atoms with Crippen molar-refractivity contribution in [1.29, 1.82) is 0 Å². The lowest BCUT2D eigenvalue weighted by Gasteiger charge is -2.19. The van der Waals surface area contributed by atoms with Gasteiger partial charge in [0.25, 0.3) is 0 Å². The first-order chi connectivity index (χ1) is 7.67. The van der Waals surface area contributed by atoms with Crippen molar-refractivity contribution in [3.05, 3.63) is 0 Å². The smallest absolute Gasteiger partial charge is 0.156 e. The van der Waals surface area contributed by atoms with Crippen LogP contribution in [0.15, 0.2) is 0 Å². The number of nitrogens with one attached hydrogen (secondary N) is 1. The minimum atomic E-state index is -2.97. The van der Waals surface area contributed by atoms with Crippen molar-refractivity contribution in [2.24, 2.45) is 5.92 Å². The number of rotatable bonds is 8. The van der Waals surface area contributed by atoms with Crippen LogP contribution in [-0.2, 0) is 9.84 Å². The van der Waals surface area contributed by atoms with E-state index in [0.717, 1.165) is 18.9 Å². The largest absolute Gasteiger partial charge is 0.316 e. The summed E-state index contributed by atoms with van der Waals surface area (Å²) in [4.78, 5) is 0. The van der Waals surface area contributed by atoms with Crippen LogP contribution in [0.4, 0.5) is 0 Å². The van der Waals surface area contributed by atoms with Gasteiger partial charge in [-0.2, -0.15) is 0 Å². The first-order valence-corrected chi connectivity index (χ1v) is 8.25. The Labute approximate surface area is 107 Å². The highest BCUT2D eigenvalue weighted by atomic mass is 32.2. The fourth-order valence-electron chi connectivity index (χ4n) is 1.44. The minimum Gasteiger partial charge on any atom is -0.316 e. The molecule has 0 spiro atoms. The maximum absolute atomic E-state index is 11.8. The summed E-state index contributed by atoms with van der Waals surface area (Å²) in [7, 11) is -2.97. The zero-order valence-corrected chi connectivity index (χ0v) is 12.9. The van der Waals surface area contributed by atoms with Crippen molar-refractivity contribution >= 4 is 9.84 Å². The Morgan fingerprint density at radius 1 is 1.06 bits per heavy atom. The highest BCUT2D eigenvalue weighted by Crippen LogP contribution is 2.15. The van der Waals surface area contributed by atoms with E-state index in [1.165, 1.54) is 12.8 Å². The van der Waals surface area contributed by atoms with E-state index in [1.807, 2.05) is 0 Å². The topological polar surface area (TPSA) is 46.2 Å². The normalized spacial score (nSPS) is 13.3. The first-order valence-electron chi connectivity index (χ1n) is 6.60. The van der Waals surface area contributed by atoms with Gasteiger partial charge in [0.05, 0.1) is 10.5 Å². The molecule has 0 saturated heterocycles. The molecule has 4 heteroatoms. The molecule has 0 atom stereocenters. The molecule has 3 nitrogen and oxygen atoms in total. The van der Waals surface area contributed by atoms with Gasteiger partial charge in [-0.05, 0) is 39.7 Å². The average Bonchev–Trinajstić information content (AvgIpc) is 2.13. The number of hydrogen-bond donors (Lipinski definition) is 1. The molecule has 0 aromatic carbocycles. The fourth-order valence-corrected chi connectivity index (χ4v) is 2.47. The molecule has 0 aromatic rings. The number of hydrogen-bond acceptors (Lipinski definition) is 3. The van der Waals surface area contributed by atoms with E-state index < -0.39 is 14.6 Å². The molecule has 0 aliphatic heterocycles. The van der Waals surface area contributed by atoms with Crippen molar-refractivity contribution in [2.45, 2.75) is 58.6 Å². The van der Waals surface area contributed by atoms with Gasteiger partial charge in [-0.1, -0.05) is 26.7 Å². The van der Waals surface area contributed by atoms with Crippen LogP contribution in [0.5, 0.6) is 0 Å². The maximum atomic E-state index is 11.8. The summed E-state index contributed by atoms with van der Waals surface area (Å²) in [5.74, 6) is 0.997. The van der Waals surface area contributed by atoms with Crippen LogP contribution in [0.3, 0.4) is 0 Å². The van der Waals surface area contributed by atoms with E-state index in [0.29, 0.717) is 6.54 Å². The predicted molar refractivity (Wildman–Crippen MR) is 75.1 cm³/mol. The van der Waals surface area contributed by atoms with E-state index in [1.54, 1.807) is 20.8 Å². The molecule has 104 valence electrons. The van der Waals surface area contributed by atoms with Gasteiger partial charge in [-0.25, -0.2) is 8.42 Å². The lowest BCUT2D eigenvalue weighted by atomic mass is 10.1. The van der Waals surface area contributed by atoms with Gasteiger partial charge in [0, 0.05) is 6.54 Å². The van der Waals surface area contributed by atoms with Gasteiger partial charge in [-0.3, -0.25) is 0 Å². The van der Waals surface area contributed by atoms with Crippen LogP contribution >= 0.6 is 0 Å². The Morgan fingerprint density at radius 3 is 2.12 bits per heavy atom. The predicted octanol–water partition coefficient (Wildman–Crippen LogP) is 2.62. The van der Waals surface area contributed by atoms with Crippen LogP contribution in [0, 0.1) is 5.92 Å². The third kappa shape index (κ3) is 7.77. The molecular formula is C13H29NO2S. The standard InChI is InChI=1S/C13H29NO2S/c1-12(2)8-6-7-9-14-10-11-17(15,16)13(3,4)5/h12,14H,6-11H2,1-5H3. The van der Waals surface area contributed by atoms with Crippen molar-refractivity contribution in [1.82, 2.24) is 5.32 Å². The third-order valence-corrected chi connectivity index (χ3v) is 5.47. The lowest BCUT2D eigenvalue weighted by molar-refractivity contribution is 0.522. The summed E-state index contributed by atoms with van der Waals surface area (Å²) in [5.41, 5.74) is 0. The number of unbranched alkanes of at least 4 members (excludes halogenated alkanes) is 1. The molecule has 0 unspecified atom stereocenters. The highest BCUT2D eigenvalue weighted by molar-refractivity contribution is 7.92. The van der Waals surface area contributed by atoms with E-state index in [9.17, 15) is 8.42 Å². The third-order valence-electron chi connectivity index (χ3n) is 2.87. The Bertz CT molecular complexity index is 289. The van der Waals surface area contributed by atoms with Crippen molar-refractivity contribution in [3.63, 3.8) is 0 Å². The van der Waals surface area contributed by atoms with E-state index >= 15 is 0 Å². The quantitative estimate of drug-likeness (QED) is 0.685.